The van der Waals surface area contributed by atoms with Crippen LogP contribution in [0, 0.1) is 5.92 Å². The van der Waals surface area contributed by atoms with Crippen LogP contribution in [0.3, 0.4) is 0 Å². The average Bonchev–Trinajstić information content (AvgIpc) is 3.55. The summed E-state index contributed by atoms with van der Waals surface area (Å²) in [6.07, 6.45) is 3.47. The summed E-state index contributed by atoms with van der Waals surface area (Å²) in [5.41, 5.74) is 2.48. The second-order valence-electron chi connectivity index (χ2n) is 7.55. The van der Waals surface area contributed by atoms with Gasteiger partial charge in [0.05, 0.1) is 18.1 Å². The van der Waals surface area contributed by atoms with Crippen molar-refractivity contribution >= 4 is 28.5 Å². The van der Waals surface area contributed by atoms with Gasteiger partial charge < -0.3 is 19.9 Å². The van der Waals surface area contributed by atoms with Gasteiger partial charge in [0.2, 0.25) is 11.8 Å². The number of benzene rings is 2. The molecular weight excluding hydrogens is 380 g/mol. The Morgan fingerprint density at radius 3 is 2.80 bits per heavy atom. The van der Waals surface area contributed by atoms with Gasteiger partial charge in [0, 0.05) is 30.6 Å². The molecule has 156 valence electrons. The molecule has 0 atom stereocenters. The fourth-order valence-corrected chi connectivity index (χ4v) is 3.49. The van der Waals surface area contributed by atoms with Gasteiger partial charge in [-0.25, -0.2) is 4.98 Å². The van der Waals surface area contributed by atoms with E-state index in [1.165, 1.54) is 0 Å². The highest BCUT2D eigenvalue weighted by atomic mass is 16.5. The van der Waals surface area contributed by atoms with E-state index in [2.05, 4.69) is 10.6 Å². The van der Waals surface area contributed by atoms with Crippen molar-refractivity contribution in [1.29, 1.82) is 0 Å². The first-order valence-corrected chi connectivity index (χ1v) is 10.3. The number of aryl methyl sites for hydroxylation is 1. The van der Waals surface area contributed by atoms with Gasteiger partial charge in [-0.3, -0.25) is 9.59 Å². The highest BCUT2D eigenvalue weighted by Crippen LogP contribution is 2.28. The molecule has 1 heterocycles. The molecule has 4 rings (SSSR count). The van der Waals surface area contributed by atoms with Crippen LogP contribution in [-0.4, -0.2) is 35.0 Å². The van der Waals surface area contributed by atoms with E-state index in [9.17, 15) is 9.59 Å². The first-order valence-electron chi connectivity index (χ1n) is 10.3. The Morgan fingerprint density at radius 2 is 2.00 bits per heavy atom. The summed E-state index contributed by atoms with van der Waals surface area (Å²) < 4.78 is 7.16. The highest BCUT2D eigenvalue weighted by Gasteiger charge is 2.29. The fraction of sp³-hybridized carbons (Fsp3) is 0.348. The number of nitrogens with one attached hydrogen (secondary N) is 2. The van der Waals surface area contributed by atoms with Gasteiger partial charge in [0.25, 0.3) is 0 Å². The number of carbonyl (C=O) groups excluding carboxylic acids is 2. The third-order valence-corrected chi connectivity index (χ3v) is 5.21. The van der Waals surface area contributed by atoms with Crippen molar-refractivity contribution in [3.63, 3.8) is 0 Å². The Balaban J connectivity index is 1.43. The van der Waals surface area contributed by atoms with Gasteiger partial charge in [-0.1, -0.05) is 18.2 Å². The molecular formula is C23H26N4O3. The number of methoxy groups -OCH3 is 1. The van der Waals surface area contributed by atoms with E-state index in [0.29, 0.717) is 24.4 Å². The summed E-state index contributed by atoms with van der Waals surface area (Å²) in [5, 5.41) is 5.91. The number of carbonyl (C=O) groups is 2. The van der Waals surface area contributed by atoms with Crippen molar-refractivity contribution in [3.05, 3.63) is 54.4 Å². The van der Waals surface area contributed by atoms with Gasteiger partial charge in [0.15, 0.2) is 0 Å². The minimum Gasteiger partial charge on any atom is -0.497 e. The second kappa shape index (κ2) is 8.98. The topological polar surface area (TPSA) is 85.2 Å². The molecule has 0 radical (unpaired) electrons. The SMILES string of the molecule is COc1cccc(NC(=O)Cn2c(CCCNC(=O)C3CC3)nc3ccccc32)c1. The largest absolute Gasteiger partial charge is 0.497 e. The van der Waals surface area contributed by atoms with Crippen LogP contribution in [0.25, 0.3) is 11.0 Å². The zero-order valence-corrected chi connectivity index (χ0v) is 17.1. The molecule has 3 aromatic rings. The molecule has 1 aliphatic rings. The number of nitrogens with zero attached hydrogens (tertiary/aromatic N) is 2. The third-order valence-electron chi connectivity index (χ3n) is 5.21. The molecule has 1 aromatic heterocycles. The highest BCUT2D eigenvalue weighted by molar-refractivity contribution is 5.92. The van der Waals surface area contributed by atoms with Crippen molar-refractivity contribution in [2.45, 2.75) is 32.2 Å². The Kier molecular flexibility index (Phi) is 5.97. The van der Waals surface area contributed by atoms with Gasteiger partial charge in [-0.15, -0.1) is 0 Å². The minimum atomic E-state index is -0.130. The summed E-state index contributed by atoms with van der Waals surface area (Å²) in [6.45, 7) is 0.788. The number of hydrogen-bond donors (Lipinski definition) is 2. The molecule has 1 aliphatic carbocycles. The zero-order chi connectivity index (χ0) is 20.9. The number of amides is 2. The van der Waals surface area contributed by atoms with Crippen LogP contribution in [0.15, 0.2) is 48.5 Å². The summed E-state index contributed by atoms with van der Waals surface area (Å²) in [7, 11) is 1.60. The van der Waals surface area contributed by atoms with Crippen LogP contribution in [0.1, 0.15) is 25.1 Å². The Morgan fingerprint density at radius 1 is 1.17 bits per heavy atom. The summed E-state index contributed by atoms with van der Waals surface area (Å²) >= 11 is 0. The lowest BCUT2D eigenvalue weighted by molar-refractivity contribution is -0.122. The van der Waals surface area contributed by atoms with Crippen molar-refractivity contribution in [1.82, 2.24) is 14.9 Å². The lowest BCUT2D eigenvalue weighted by atomic mass is 10.2. The van der Waals surface area contributed by atoms with Crippen LogP contribution in [0.4, 0.5) is 5.69 Å². The number of fused-ring (bicyclic) bond motifs is 1. The lowest BCUT2D eigenvalue weighted by Crippen LogP contribution is -2.26. The molecule has 2 aromatic carbocycles. The average molecular weight is 406 g/mol. The van der Waals surface area contributed by atoms with Crippen LogP contribution in [0.2, 0.25) is 0 Å². The second-order valence-corrected chi connectivity index (χ2v) is 7.55. The van der Waals surface area contributed by atoms with E-state index in [1.807, 2.05) is 47.0 Å². The number of aromatic nitrogens is 2. The third kappa shape index (κ3) is 4.79. The summed E-state index contributed by atoms with van der Waals surface area (Å²) in [5.74, 6) is 1.78. The molecule has 1 saturated carbocycles. The van der Waals surface area contributed by atoms with Gasteiger partial charge in [-0.2, -0.15) is 0 Å². The van der Waals surface area contributed by atoms with Crippen molar-refractivity contribution in [3.8, 4) is 5.75 Å². The van der Waals surface area contributed by atoms with Crippen LogP contribution >= 0.6 is 0 Å². The van der Waals surface area contributed by atoms with E-state index >= 15 is 0 Å². The monoisotopic (exact) mass is 406 g/mol. The molecule has 2 N–H and O–H groups in total. The van der Waals surface area contributed by atoms with Crippen molar-refractivity contribution < 1.29 is 14.3 Å². The molecule has 0 aliphatic heterocycles. The van der Waals surface area contributed by atoms with E-state index in [1.54, 1.807) is 13.2 Å². The Hall–Kier alpha value is -3.35. The maximum Gasteiger partial charge on any atom is 0.244 e. The molecule has 2 amide bonds. The number of rotatable bonds is 9. The molecule has 0 unspecified atom stereocenters. The van der Waals surface area contributed by atoms with Crippen LogP contribution in [0.5, 0.6) is 5.75 Å². The number of hydrogen-bond acceptors (Lipinski definition) is 4. The smallest absolute Gasteiger partial charge is 0.244 e. The molecule has 1 fully saturated rings. The van der Waals surface area contributed by atoms with E-state index in [4.69, 9.17) is 9.72 Å². The first kappa shape index (κ1) is 19.9. The fourth-order valence-electron chi connectivity index (χ4n) is 3.49. The van der Waals surface area contributed by atoms with E-state index in [-0.39, 0.29) is 24.3 Å². The number of ether oxygens (including phenoxy) is 1. The quantitative estimate of drug-likeness (QED) is 0.535. The number of imidazole rings is 1. The Bertz CT molecular complexity index is 1060. The van der Waals surface area contributed by atoms with Crippen molar-refractivity contribution in [2.24, 2.45) is 5.92 Å². The van der Waals surface area contributed by atoms with Gasteiger partial charge in [0.1, 0.15) is 18.1 Å². The van der Waals surface area contributed by atoms with E-state index < -0.39 is 0 Å². The van der Waals surface area contributed by atoms with Gasteiger partial charge in [-0.05, 0) is 43.5 Å². The zero-order valence-electron chi connectivity index (χ0n) is 17.1. The number of para-hydroxylation sites is 2. The minimum absolute atomic E-state index is 0.130. The molecule has 0 saturated heterocycles. The van der Waals surface area contributed by atoms with Gasteiger partial charge >= 0.3 is 0 Å². The standard InChI is InChI=1S/C23H26N4O3/c1-30-18-7-4-6-17(14-18)25-22(28)15-27-20-9-3-2-8-19(20)26-21(27)10-5-13-24-23(29)16-11-12-16/h2-4,6-9,14,16H,5,10-13,15H2,1H3,(H,24,29)(H,25,28). The predicted octanol–water partition coefficient (Wildman–Crippen LogP) is 3.14. The van der Waals surface area contributed by atoms with E-state index in [0.717, 1.165) is 36.1 Å². The summed E-state index contributed by atoms with van der Waals surface area (Å²) in [4.78, 5) is 29.2. The molecule has 0 bridgehead atoms. The summed E-state index contributed by atoms with van der Waals surface area (Å²) in [6, 6.07) is 15.1. The normalized spacial score (nSPS) is 13.2. The molecule has 30 heavy (non-hydrogen) atoms. The molecule has 0 spiro atoms. The molecule has 7 nitrogen and oxygen atoms in total. The molecule has 7 heteroatoms. The maximum atomic E-state index is 12.7. The Labute approximate surface area is 175 Å². The maximum absolute atomic E-state index is 12.7. The van der Waals surface area contributed by atoms with Crippen molar-refractivity contribution in [2.75, 3.05) is 19.0 Å². The van der Waals surface area contributed by atoms with Crippen LogP contribution < -0.4 is 15.4 Å². The number of anilines is 1. The lowest BCUT2D eigenvalue weighted by Gasteiger charge is -2.11. The predicted molar refractivity (Wildman–Crippen MR) is 115 cm³/mol. The first-order chi connectivity index (χ1) is 14.6. The van der Waals surface area contributed by atoms with Crippen LogP contribution in [-0.2, 0) is 22.6 Å².